The number of benzene rings is 2. The lowest BCUT2D eigenvalue weighted by Gasteiger charge is -2.07. The summed E-state index contributed by atoms with van der Waals surface area (Å²) in [7, 11) is 0. The Morgan fingerprint density at radius 1 is 1.20 bits per heavy atom. The van der Waals surface area contributed by atoms with E-state index in [1.165, 1.54) is 16.9 Å². The van der Waals surface area contributed by atoms with Gasteiger partial charge in [0.25, 0.3) is 5.91 Å². The molecule has 2 aromatic carbocycles. The second-order valence-corrected chi connectivity index (χ2v) is 7.40. The number of halogens is 1. The van der Waals surface area contributed by atoms with Crippen LogP contribution in [-0.2, 0) is 4.79 Å². The minimum Gasteiger partial charge on any atom is -0.484 e. The van der Waals surface area contributed by atoms with Crippen molar-refractivity contribution in [2.75, 3.05) is 11.9 Å². The monoisotopic (exact) mass is 416 g/mol. The summed E-state index contributed by atoms with van der Waals surface area (Å²) in [5.41, 5.74) is 4.16. The first-order chi connectivity index (χ1) is 12.0. The van der Waals surface area contributed by atoms with E-state index in [0.717, 1.165) is 21.3 Å². The molecule has 6 heteroatoms. The average molecular weight is 417 g/mol. The van der Waals surface area contributed by atoms with Gasteiger partial charge in [0, 0.05) is 15.4 Å². The van der Waals surface area contributed by atoms with Gasteiger partial charge in [0.15, 0.2) is 11.7 Å². The molecular weight excluding hydrogens is 400 g/mol. The van der Waals surface area contributed by atoms with Gasteiger partial charge in [-0.25, -0.2) is 4.98 Å². The molecule has 128 valence electrons. The number of amides is 1. The number of hydrogen-bond acceptors (Lipinski definition) is 4. The van der Waals surface area contributed by atoms with Crippen LogP contribution in [0.4, 0.5) is 5.13 Å². The second-order valence-electron chi connectivity index (χ2n) is 5.63. The van der Waals surface area contributed by atoms with E-state index in [1.54, 1.807) is 0 Å². The highest BCUT2D eigenvalue weighted by atomic mass is 79.9. The molecule has 1 N–H and O–H groups in total. The highest BCUT2D eigenvalue weighted by Crippen LogP contribution is 2.26. The standard InChI is InChI=1S/C19H17BrN2O2S/c1-12-6-7-16(8-13(12)2)24-10-18(23)22-19-21-17(11-25-19)14-4-3-5-15(20)9-14/h3-9,11H,10H2,1-2H3,(H,21,22,23). The molecule has 25 heavy (non-hydrogen) atoms. The molecule has 0 aliphatic carbocycles. The number of ether oxygens (including phenoxy) is 1. The number of carbonyl (C=O) groups is 1. The maximum absolute atomic E-state index is 12.1. The molecule has 0 spiro atoms. The maximum atomic E-state index is 12.1. The number of hydrogen-bond donors (Lipinski definition) is 1. The molecule has 0 radical (unpaired) electrons. The van der Waals surface area contributed by atoms with Crippen LogP contribution in [0, 0.1) is 13.8 Å². The van der Waals surface area contributed by atoms with Crippen molar-refractivity contribution in [2.45, 2.75) is 13.8 Å². The van der Waals surface area contributed by atoms with Gasteiger partial charge in [-0.1, -0.05) is 34.1 Å². The van der Waals surface area contributed by atoms with Crippen molar-refractivity contribution >= 4 is 38.3 Å². The van der Waals surface area contributed by atoms with Crippen LogP contribution >= 0.6 is 27.3 Å². The van der Waals surface area contributed by atoms with Gasteiger partial charge in [0.1, 0.15) is 5.75 Å². The first kappa shape index (κ1) is 17.6. The molecular formula is C19H17BrN2O2S. The van der Waals surface area contributed by atoms with Crippen molar-refractivity contribution in [2.24, 2.45) is 0 Å². The van der Waals surface area contributed by atoms with E-state index >= 15 is 0 Å². The minimum absolute atomic E-state index is 0.0473. The zero-order valence-electron chi connectivity index (χ0n) is 13.9. The quantitative estimate of drug-likeness (QED) is 0.620. The first-order valence-electron chi connectivity index (χ1n) is 7.72. The molecule has 1 amide bonds. The van der Waals surface area contributed by atoms with Crippen molar-refractivity contribution < 1.29 is 9.53 Å². The Bertz CT molecular complexity index is 908. The predicted molar refractivity (Wildman–Crippen MR) is 105 cm³/mol. The molecule has 0 aliphatic heterocycles. The summed E-state index contributed by atoms with van der Waals surface area (Å²) in [6.07, 6.45) is 0. The summed E-state index contributed by atoms with van der Waals surface area (Å²) in [5, 5.41) is 5.25. The highest BCUT2D eigenvalue weighted by molar-refractivity contribution is 9.10. The number of aryl methyl sites for hydroxylation is 2. The Labute approximate surface area is 159 Å². The van der Waals surface area contributed by atoms with Crippen LogP contribution in [0.1, 0.15) is 11.1 Å². The van der Waals surface area contributed by atoms with E-state index in [0.29, 0.717) is 10.9 Å². The average Bonchev–Trinajstić information content (AvgIpc) is 3.04. The number of rotatable bonds is 5. The SMILES string of the molecule is Cc1ccc(OCC(=O)Nc2nc(-c3cccc(Br)c3)cs2)cc1C. The van der Waals surface area contributed by atoms with E-state index in [1.807, 2.05) is 61.7 Å². The minimum atomic E-state index is -0.228. The predicted octanol–water partition coefficient (Wildman–Crippen LogP) is 5.21. The third-order valence-corrected chi connectivity index (χ3v) is 4.97. The van der Waals surface area contributed by atoms with Crippen molar-refractivity contribution in [3.05, 3.63) is 63.4 Å². The maximum Gasteiger partial charge on any atom is 0.264 e. The lowest BCUT2D eigenvalue weighted by molar-refractivity contribution is -0.118. The van der Waals surface area contributed by atoms with Crippen LogP contribution < -0.4 is 10.1 Å². The van der Waals surface area contributed by atoms with E-state index in [9.17, 15) is 4.79 Å². The van der Waals surface area contributed by atoms with Crippen molar-refractivity contribution in [1.29, 1.82) is 0 Å². The molecule has 1 heterocycles. The molecule has 3 aromatic rings. The topological polar surface area (TPSA) is 51.2 Å². The third kappa shape index (κ3) is 4.67. The van der Waals surface area contributed by atoms with Gasteiger partial charge < -0.3 is 4.74 Å². The third-order valence-electron chi connectivity index (χ3n) is 3.72. The van der Waals surface area contributed by atoms with Gasteiger partial charge in [0.05, 0.1) is 5.69 Å². The molecule has 1 aromatic heterocycles. The lowest BCUT2D eigenvalue weighted by Crippen LogP contribution is -2.20. The molecule has 0 atom stereocenters. The van der Waals surface area contributed by atoms with E-state index in [-0.39, 0.29) is 12.5 Å². The summed E-state index contributed by atoms with van der Waals surface area (Å²) >= 11 is 4.84. The fraction of sp³-hybridized carbons (Fsp3) is 0.158. The largest absolute Gasteiger partial charge is 0.484 e. The van der Waals surface area contributed by atoms with Crippen LogP contribution in [0.25, 0.3) is 11.3 Å². The Morgan fingerprint density at radius 2 is 2.04 bits per heavy atom. The first-order valence-corrected chi connectivity index (χ1v) is 9.40. The van der Waals surface area contributed by atoms with Gasteiger partial charge in [-0.3, -0.25) is 10.1 Å². The zero-order chi connectivity index (χ0) is 17.8. The molecule has 0 fully saturated rings. The molecule has 0 saturated carbocycles. The number of aromatic nitrogens is 1. The highest BCUT2D eigenvalue weighted by Gasteiger charge is 2.09. The van der Waals surface area contributed by atoms with Crippen LogP contribution in [0.3, 0.4) is 0 Å². The van der Waals surface area contributed by atoms with Crippen molar-refractivity contribution in [3.63, 3.8) is 0 Å². The Balaban J connectivity index is 1.59. The number of nitrogens with one attached hydrogen (secondary N) is 1. The molecule has 4 nitrogen and oxygen atoms in total. The Morgan fingerprint density at radius 3 is 2.80 bits per heavy atom. The van der Waals surface area contributed by atoms with Gasteiger partial charge in [-0.15, -0.1) is 11.3 Å². The summed E-state index contributed by atoms with van der Waals surface area (Å²) in [6, 6.07) is 13.7. The van der Waals surface area contributed by atoms with Crippen LogP contribution in [-0.4, -0.2) is 17.5 Å². The van der Waals surface area contributed by atoms with Gasteiger partial charge >= 0.3 is 0 Å². The lowest BCUT2D eigenvalue weighted by atomic mass is 10.1. The van der Waals surface area contributed by atoms with Crippen molar-refractivity contribution in [3.8, 4) is 17.0 Å². The van der Waals surface area contributed by atoms with E-state index in [2.05, 4.69) is 26.2 Å². The number of anilines is 1. The zero-order valence-corrected chi connectivity index (χ0v) is 16.3. The summed E-state index contributed by atoms with van der Waals surface area (Å²) < 4.78 is 6.53. The van der Waals surface area contributed by atoms with Gasteiger partial charge in [0.2, 0.25) is 0 Å². The number of nitrogens with zero attached hydrogens (tertiary/aromatic N) is 1. The smallest absolute Gasteiger partial charge is 0.264 e. The summed E-state index contributed by atoms with van der Waals surface area (Å²) in [4.78, 5) is 16.5. The fourth-order valence-corrected chi connectivity index (χ4v) is 3.35. The normalized spacial score (nSPS) is 10.5. The Kier molecular flexibility index (Phi) is 5.50. The van der Waals surface area contributed by atoms with Crippen LogP contribution in [0.5, 0.6) is 5.75 Å². The van der Waals surface area contributed by atoms with Gasteiger partial charge in [-0.2, -0.15) is 0 Å². The van der Waals surface area contributed by atoms with Gasteiger partial charge in [-0.05, 0) is 49.2 Å². The molecule has 0 bridgehead atoms. The molecule has 0 aliphatic rings. The Hall–Kier alpha value is -2.18. The molecule has 3 rings (SSSR count). The summed E-state index contributed by atoms with van der Waals surface area (Å²) in [6.45, 7) is 4.01. The van der Waals surface area contributed by atoms with E-state index in [4.69, 9.17) is 4.74 Å². The number of carbonyl (C=O) groups excluding carboxylic acids is 1. The molecule has 0 unspecified atom stereocenters. The summed E-state index contributed by atoms with van der Waals surface area (Å²) in [5.74, 6) is 0.459. The fourth-order valence-electron chi connectivity index (χ4n) is 2.22. The number of thiazole rings is 1. The second kappa shape index (κ2) is 7.80. The van der Waals surface area contributed by atoms with Crippen LogP contribution in [0.2, 0.25) is 0 Å². The van der Waals surface area contributed by atoms with Crippen molar-refractivity contribution in [1.82, 2.24) is 4.98 Å². The van der Waals surface area contributed by atoms with Crippen LogP contribution in [0.15, 0.2) is 52.3 Å². The molecule has 0 saturated heterocycles. The van der Waals surface area contributed by atoms with E-state index < -0.39 is 0 Å².